The lowest BCUT2D eigenvalue weighted by atomic mass is 9.93. The van der Waals surface area contributed by atoms with Crippen LogP contribution in [0.25, 0.3) is 23.0 Å². The summed E-state index contributed by atoms with van der Waals surface area (Å²) in [6.45, 7) is 7.23. The standard InChI is InChI=1S/C19H22N6O2/c1-4-11(2)19(26)25-8-6-14-13(10-25)9-20-12(3)16(14)17-22-18(27-24-17)15-5-7-21-23-15/h5,7,9,11H,4,6,8,10H2,1-3H3,(H,21,23). The molecule has 1 aliphatic rings. The Bertz CT molecular complexity index is 963. The van der Waals surface area contributed by atoms with Crippen LogP contribution in [-0.4, -0.2) is 42.7 Å². The molecule has 0 aliphatic carbocycles. The molecule has 27 heavy (non-hydrogen) atoms. The van der Waals surface area contributed by atoms with Gasteiger partial charge >= 0.3 is 0 Å². The summed E-state index contributed by atoms with van der Waals surface area (Å²) in [7, 11) is 0. The molecule has 0 saturated carbocycles. The maximum atomic E-state index is 12.6. The molecule has 140 valence electrons. The van der Waals surface area contributed by atoms with Crippen molar-refractivity contribution < 1.29 is 9.32 Å². The number of aromatic amines is 1. The van der Waals surface area contributed by atoms with Crippen molar-refractivity contribution in [3.05, 3.63) is 35.3 Å². The molecule has 3 aromatic rings. The SMILES string of the molecule is CCC(C)C(=O)N1CCc2c(cnc(C)c2-c2noc(-c3ccn[nH]3)n2)C1. The van der Waals surface area contributed by atoms with Gasteiger partial charge in [-0.1, -0.05) is 19.0 Å². The van der Waals surface area contributed by atoms with Crippen molar-refractivity contribution in [1.29, 1.82) is 0 Å². The molecule has 1 amide bonds. The molecule has 8 heteroatoms. The Morgan fingerprint density at radius 1 is 1.44 bits per heavy atom. The van der Waals surface area contributed by atoms with Crippen LogP contribution in [-0.2, 0) is 17.8 Å². The summed E-state index contributed by atoms with van der Waals surface area (Å²) in [5.41, 5.74) is 4.62. The largest absolute Gasteiger partial charge is 0.338 e. The van der Waals surface area contributed by atoms with E-state index in [9.17, 15) is 4.79 Å². The molecule has 4 rings (SSSR count). The zero-order chi connectivity index (χ0) is 19.0. The lowest BCUT2D eigenvalue weighted by Crippen LogP contribution is -2.39. The van der Waals surface area contributed by atoms with Crippen LogP contribution in [0.5, 0.6) is 0 Å². The van der Waals surface area contributed by atoms with Gasteiger partial charge in [0.25, 0.3) is 5.89 Å². The molecule has 0 radical (unpaired) electrons. The topological polar surface area (TPSA) is 101 Å². The molecule has 1 aliphatic heterocycles. The van der Waals surface area contributed by atoms with Crippen molar-refractivity contribution in [1.82, 2.24) is 30.2 Å². The van der Waals surface area contributed by atoms with E-state index in [2.05, 4.69) is 25.3 Å². The van der Waals surface area contributed by atoms with Gasteiger partial charge in [0.1, 0.15) is 5.69 Å². The highest BCUT2D eigenvalue weighted by Crippen LogP contribution is 2.32. The minimum absolute atomic E-state index is 0.0404. The molecule has 0 fully saturated rings. The Balaban J connectivity index is 1.68. The first-order valence-corrected chi connectivity index (χ1v) is 9.18. The number of amides is 1. The highest BCUT2D eigenvalue weighted by molar-refractivity contribution is 5.79. The van der Waals surface area contributed by atoms with E-state index in [1.54, 1.807) is 12.3 Å². The number of hydrogen-bond acceptors (Lipinski definition) is 6. The fourth-order valence-electron chi connectivity index (χ4n) is 3.43. The van der Waals surface area contributed by atoms with Crippen molar-refractivity contribution in [3.63, 3.8) is 0 Å². The van der Waals surface area contributed by atoms with Gasteiger partial charge in [-0.05, 0) is 37.0 Å². The van der Waals surface area contributed by atoms with Gasteiger partial charge in [0, 0.05) is 42.7 Å². The summed E-state index contributed by atoms with van der Waals surface area (Å²) in [4.78, 5) is 23.5. The van der Waals surface area contributed by atoms with E-state index >= 15 is 0 Å². The summed E-state index contributed by atoms with van der Waals surface area (Å²) in [6, 6.07) is 1.78. The van der Waals surface area contributed by atoms with Crippen LogP contribution in [0, 0.1) is 12.8 Å². The molecule has 1 unspecified atom stereocenters. The fraction of sp³-hybridized carbons (Fsp3) is 0.421. The lowest BCUT2D eigenvalue weighted by Gasteiger charge is -2.31. The molecule has 4 heterocycles. The van der Waals surface area contributed by atoms with E-state index in [1.807, 2.05) is 31.9 Å². The quantitative estimate of drug-likeness (QED) is 0.762. The van der Waals surface area contributed by atoms with Gasteiger partial charge in [0.2, 0.25) is 11.7 Å². The highest BCUT2D eigenvalue weighted by Gasteiger charge is 2.28. The van der Waals surface area contributed by atoms with Gasteiger partial charge in [-0.15, -0.1) is 0 Å². The number of carbonyl (C=O) groups is 1. The Hall–Kier alpha value is -3.03. The lowest BCUT2D eigenvalue weighted by molar-refractivity contribution is -0.136. The summed E-state index contributed by atoms with van der Waals surface area (Å²) < 4.78 is 5.39. The number of hydrogen-bond donors (Lipinski definition) is 1. The summed E-state index contributed by atoms with van der Waals surface area (Å²) >= 11 is 0. The van der Waals surface area contributed by atoms with Gasteiger partial charge in [-0.2, -0.15) is 10.1 Å². The summed E-state index contributed by atoms with van der Waals surface area (Å²) in [5, 5.41) is 10.9. The first-order valence-electron chi connectivity index (χ1n) is 9.18. The van der Waals surface area contributed by atoms with E-state index in [4.69, 9.17) is 4.52 Å². The molecule has 1 N–H and O–H groups in total. The van der Waals surface area contributed by atoms with Crippen LogP contribution < -0.4 is 0 Å². The van der Waals surface area contributed by atoms with Crippen molar-refractivity contribution >= 4 is 5.91 Å². The van der Waals surface area contributed by atoms with Crippen LogP contribution in [0.4, 0.5) is 0 Å². The second kappa shape index (κ2) is 6.94. The number of H-pyrrole nitrogens is 1. The summed E-state index contributed by atoms with van der Waals surface area (Å²) in [5.74, 6) is 1.15. The van der Waals surface area contributed by atoms with Crippen molar-refractivity contribution in [3.8, 4) is 23.0 Å². The van der Waals surface area contributed by atoms with E-state index in [1.165, 1.54) is 0 Å². The predicted molar refractivity (Wildman–Crippen MR) is 98.4 cm³/mol. The number of nitrogens with one attached hydrogen (secondary N) is 1. The maximum Gasteiger partial charge on any atom is 0.276 e. The average Bonchev–Trinajstić information content (AvgIpc) is 3.38. The van der Waals surface area contributed by atoms with Crippen molar-refractivity contribution in [2.45, 2.75) is 40.2 Å². The zero-order valence-electron chi connectivity index (χ0n) is 15.7. The highest BCUT2D eigenvalue weighted by atomic mass is 16.5. The number of fused-ring (bicyclic) bond motifs is 1. The Morgan fingerprint density at radius 3 is 3.04 bits per heavy atom. The van der Waals surface area contributed by atoms with Crippen LogP contribution in [0.15, 0.2) is 23.0 Å². The van der Waals surface area contributed by atoms with Crippen LogP contribution in [0.3, 0.4) is 0 Å². The molecule has 8 nitrogen and oxygen atoms in total. The van der Waals surface area contributed by atoms with E-state index < -0.39 is 0 Å². The van der Waals surface area contributed by atoms with Crippen LogP contribution in [0.1, 0.15) is 37.1 Å². The molecular weight excluding hydrogens is 344 g/mol. The van der Waals surface area contributed by atoms with Gasteiger partial charge in [0.15, 0.2) is 0 Å². The smallest absolute Gasteiger partial charge is 0.276 e. The third-order valence-corrected chi connectivity index (χ3v) is 5.18. The second-order valence-corrected chi connectivity index (χ2v) is 6.93. The number of aromatic nitrogens is 5. The Labute approximate surface area is 157 Å². The monoisotopic (exact) mass is 366 g/mol. The van der Waals surface area contributed by atoms with Crippen LogP contribution in [0.2, 0.25) is 0 Å². The van der Waals surface area contributed by atoms with Crippen molar-refractivity contribution in [2.75, 3.05) is 6.54 Å². The molecule has 3 aromatic heterocycles. The summed E-state index contributed by atoms with van der Waals surface area (Å²) in [6.07, 6.45) is 5.10. The Morgan fingerprint density at radius 2 is 2.30 bits per heavy atom. The van der Waals surface area contributed by atoms with E-state index in [-0.39, 0.29) is 11.8 Å². The number of aryl methyl sites for hydroxylation is 1. The number of nitrogens with zero attached hydrogens (tertiary/aromatic N) is 5. The fourth-order valence-corrected chi connectivity index (χ4v) is 3.43. The molecule has 0 bridgehead atoms. The molecule has 0 saturated heterocycles. The normalized spacial score (nSPS) is 14.9. The number of pyridine rings is 1. The third-order valence-electron chi connectivity index (χ3n) is 5.18. The molecule has 0 aromatic carbocycles. The van der Waals surface area contributed by atoms with Gasteiger partial charge in [-0.25, -0.2) is 0 Å². The average molecular weight is 366 g/mol. The number of rotatable bonds is 4. The molecule has 0 spiro atoms. The minimum Gasteiger partial charge on any atom is -0.338 e. The maximum absolute atomic E-state index is 12.6. The van der Waals surface area contributed by atoms with Gasteiger partial charge in [0.05, 0.1) is 0 Å². The second-order valence-electron chi connectivity index (χ2n) is 6.93. The van der Waals surface area contributed by atoms with Crippen LogP contribution >= 0.6 is 0 Å². The Kier molecular flexibility index (Phi) is 4.47. The predicted octanol–water partition coefficient (Wildman–Crippen LogP) is 2.76. The first kappa shape index (κ1) is 17.4. The molecule has 1 atom stereocenters. The first-order chi connectivity index (χ1) is 13.1. The van der Waals surface area contributed by atoms with Crippen molar-refractivity contribution in [2.24, 2.45) is 5.92 Å². The number of carbonyl (C=O) groups excluding carboxylic acids is 1. The van der Waals surface area contributed by atoms with E-state index in [0.717, 1.165) is 35.2 Å². The van der Waals surface area contributed by atoms with Gasteiger partial charge in [-0.3, -0.25) is 14.9 Å². The van der Waals surface area contributed by atoms with Gasteiger partial charge < -0.3 is 9.42 Å². The minimum atomic E-state index is 0.0404. The zero-order valence-corrected chi connectivity index (χ0v) is 15.7. The molecular formula is C19H22N6O2. The van der Waals surface area contributed by atoms with E-state index in [0.29, 0.717) is 30.5 Å². The third kappa shape index (κ3) is 3.11.